The standard InChI is InChI=1S/C15H13Cl2FN4O2/c16-9-5-8(1-2-10(9)18)11-6-12(21-14(17)20-11)13-7-19-3-4-22(13)15(23)24/h1-2,5-6,13,19H,3-4,7H2,(H,23,24). The minimum absolute atomic E-state index is 0.0149. The van der Waals surface area contributed by atoms with Crippen molar-refractivity contribution in [2.24, 2.45) is 0 Å². The molecule has 1 aliphatic rings. The van der Waals surface area contributed by atoms with Crippen LogP contribution in [-0.4, -0.2) is 45.7 Å². The van der Waals surface area contributed by atoms with Crippen LogP contribution in [0, 0.1) is 5.82 Å². The molecule has 3 rings (SSSR count). The SMILES string of the molecule is O=C(O)N1CCNCC1c1cc(-c2ccc(F)c(Cl)c2)nc(Cl)n1. The van der Waals surface area contributed by atoms with Crippen molar-refractivity contribution in [3.05, 3.63) is 46.1 Å². The average molecular weight is 371 g/mol. The molecule has 1 fully saturated rings. The molecule has 0 bridgehead atoms. The summed E-state index contributed by atoms with van der Waals surface area (Å²) in [6.45, 7) is 1.34. The molecule has 2 N–H and O–H groups in total. The third-order valence-corrected chi connectivity index (χ3v) is 4.22. The minimum atomic E-state index is -1.03. The summed E-state index contributed by atoms with van der Waals surface area (Å²) in [5.41, 5.74) is 1.49. The van der Waals surface area contributed by atoms with Gasteiger partial charge in [0.05, 0.1) is 22.5 Å². The summed E-state index contributed by atoms with van der Waals surface area (Å²) in [5.74, 6) is -0.533. The molecule has 1 amide bonds. The van der Waals surface area contributed by atoms with Crippen molar-refractivity contribution >= 4 is 29.3 Å². The second-order valence-electron chi connectivity index (χ2n) is 5.27. The van der Waals surface area contributed by atoms with Crippen molar-refractivity contribution in [1.82, 2.24) is 20.2 Å². The van der Waals surface area contributed by atoms with Gasteiger partial charge in [-0.05, 0) is 35.9 Å². The molecule has 1 atom stereocenters. The van der Waals surface area contributed by atoms with Gasteiger partial charge in [0.25, 0.3) is 0 Å². The highest BCUT2D eigenvalue weighted by Crippen LogP contribution is 2.28. The molecule has 1 aromatic heterocycles. The van der Waals surface area contributed by atoms with Gasteiger partial charge >= 0.3 is 6.09 Å². The lowest BCUT2D eigenvalue weighted by Crippen LogP contribution is -2.48. The molecule has 0 spiro atoms. The first kappa shape index (κ1) is 16.9. The zero-order valence-electron chi connectivity index (χ0n) is 12.3. The Labute approximate surface area is 147 Å². The maximum atomic E-state index is 13.3. The molecular weight excluding hydrogens is 358 g/mol. The van der Waals surface area contributed by atoms with Crippen LogP contribution in [0.3, 0.4) is 0 Å². The lowest BCUT2D eigenvalue weighted by atomic mass is 10.1. The van der Waals surface area contributed by atoms with E-state index in [0.29, 0.717) is 36.6 Å². The Morgan fingerprint density at radius 3 is 2.83 bits per heavy atom. The Hall–Kier alpha value is -1.96. The predicted octanol–water partition coefficient (Wildman–Crippen LogP) is 3.21. The fourth-order valence-electron chi connectivity index (χ4n) is 2.61. The molecule has 2 heterocycles. The summed E-state index contributed by atoms with van der Waals surface area (Å²) in [6, 6.07) is 5.36. The van der Waals surface area contributed by atoms with Gasteiger partial charge in [0.2, 0.25) is 5.28 Å². The number of rotatable bonds is 2. The van der Waals surface area contributed by atoms with Gasteiger partial charge in [-0.2, -0.15) is 0 Å². The van der Waals surface area contributed by atoms with E-state index < -0.39 is 18.0 Å². The van der Waals surface area contributed by atoms with E-state index in [9.17, 15) is 14.3 Å². The summed E-state index contributed by atoms with van der Waals surface area (Å²) in [5, 5.41) is 12.4. The van der Waals surface area contributed by atoms with E-state index >= 15 is 0 Å². The number of nitrogens with zero attached hydrogens (tertiary/aromatic N) is 3. The summed E-state index contributed by atoms with van der Waals surface area (Å²) in [4.78, 5) is 21.0. The van der Waals surface area contributed by atoms with Gasteiger partial charge in [-0.15, -0.1) is 0 Å². The Morgan fingerprint density at radius 2 is 2.12 bits per heavy atom. The molecular formula is C15H13Cl2FN4O2. The van der Waals surface area contributed by atoms with Crippen molar-refractivity contribution < 1.29 is 14.3 Å². The minimum Gasteiger partial charge on any atom is -0.465 e. The second kappa shape index (κ2) is 6.88. The molecule has 0 saturated carbocycles. The van der Waals surface area contributed by atoms with Crippen molar-refractivity contribution in [3.63, 3.8) is 0 Å². The molecule has 126 valence electrons. The molecule has 1 saturated heterocycles. The third kappa shape index (κ3) is 3.43. The maximum absolute atomic E-state index is 13.3. The number of carboxylic acid groups (broad SMARTS) is 1. The Morgan fingerprint density at radius 1 is 1.33 bits per heavy atom. The number of hydrogen-bond acceptors (Lipinski definition) is 4. The number of carbonyl (C=O) groups is 1. The Bertz CT molecular complexity index is 790. The molecule has 2 aromatic rings. The molecule has 24 heavy (non-hydrogen) atoms. The predicted molar refractivity (Wildman–Crippen MR) is 87.8 cm³/mol. The van der Waals surface area contributed by atoms with Crippen molar-refractivity contribution in [1.29, 1.82) is 0 Å². The smallest absolute Gasteiger partial charge is 0.407 e. The molecule has 9 heteroatoms. The number of hydrogen-bond donors (Lipinski definition) is 2. The number of halogens is 3. The zero-order chi connectivity index (χ0) is 17.3. The number of nitrogens with one attached hydrogen (secondary N) is 1. The Kier molecular flexibility index (Phi) is 4.84. The highest BCUT2D eigenvalue weighted by atomic mass is 35.5. The number of amides is 1. The van der Waals surface area contributed by atoms with Gasteiger partial charge in [0.1, 0.15) is 5.82 Å². The molecule has 6 nitrogen and oxygen atoms in total. The van der Waals surface area contributed by atoms with E-state index in [1.165, 1.54) is 23.1 Å². The van der Waals surface area contributed by atoms with Gasteiger partial charge in [-0.1, -0.05) is 11.6 Å². The molecule has 0 radical (unpaired) electrons. The third-order valence-electron chi connectivity index (χ3n) is 3.76. The number of piperazine rings is 1. The van der Waals surface area contributed by atoms with Crippen LogP contribution in [-0.2, 0) is 0 Å². The van der Waals surface area contributed by atoms with Crippen LogP contribution < -0.4 is 5.32 Å². The first-order chi connectivity index (χ1) is 11.5. The fraction of sp³-hybridized carbons (Fsp3) is 0.267. The van der Waals surface area contributed by atoms with Crippen LogP contribution >= 0.6 is 23.2 Å². The van der Waals surface area contributed by atoms with E-state index in [4.69, 9.17) is 23.2 Å². The quantitative estimate of drug-likeness (QED) is 0.793. The topological polar surface area (TPSA) is 78.4 Å². The molecule has 1 unspecified atom stereocenters. The van der Waals surface area contributed by atoms with Crippen molar-refractivity contribution in [2.45, 2.75) is 6.04 Å². The Balaban J connectivity index is 2.02. The molecule has 1 aliphatic heterocycles. The molecule has 0 aliphatic carbocycles. The maximum Gasteiger partial charge on any atom is 0.407 e. The monoisotopic (exact) mass is 370 g/mol. The van der Waals surface area contributed by atoms with Crippen LogP contribution in [0.15, 0.2) is 24.3 Å². The number of benzene rings is 1. The van der Waals surface area contributed by atoms with Crippen LogP contribution in [0.4, 0.5) is 9.18 Å². The van der Waals surface area contributed by atoms with Gasteiger partial charge < -0.3 is 10.4 Å². The first-order valence-corrected chi connectivity index (χ1v) is 7.91. The van der Waals surface area contributed by atoms with Crippen LogP contribution in [0.5, 0.6) is 0 Å². The van der Waals surface area contributed by atoms with Gasteiger partial charge in [-0.3, -0.25) is 4.90 Å². The van der Waals surface area contributed by atoms with E-state index in [-0.39, 0.29) is 10.3 Å². The summed E-state index contributed by atoms with van der Waals surface area (Å²) < 4.78 is 13.3. The van der Waals surface area contributed by atoms with Gasteiger partial charge in [0.15, 0.2) is 0 Å². The average Bonchev–Trinajstić information content (AvgIpc) is 2.56. The van der Waals surface area contributed by atoms with E-state index in [2.05, 4.69) is 15.3 Å². The normalized spacial score (nSPS) is 17.8. The second-order valence-corrected chi connectivity index (χ2v) is 6.02. The largest absolute Gasteiger partial charge is 0.465 e. The van der Waals surface area contributed by atoms with Crippen molar-refractivity contribution in [2.75, 3.05) is 19.6 Å². The van der Waals surface area contributed by atoms with Gasteiger partial charge in [0, 0.05) is 25.2 Å². The summed E-state index contributed by atoms with van der Waals surface area (Å²) >= 11 is 11.8. The highest BCUT2D eigenvalue weighted by molar-refractivity contribution is 6.31. The van der Waals surface area contributed by atoms with Gasteiger partial charge in [-0.25, -0.2) is 19.2 Å². The van der Waals surface area contributed by atoms with Crippen LogP contribution in [0.25, 0.3) is 11.3 Å². The first-order valence-electron chi connectivity index (χ1n) is 7.16. The lowest BCUT2D eigenvalue weighted by molar-refractivity contribution is 0.111. The number of aromatic nitrogens is 2. The van der Waals surface area contributed by atoms with Crippen LogP contribution in [0.1, 0.15) is 11.7 Å². The zero-order valence-corrected chi connectivity index (χ0v) is 13.9. The van der Waals surface area contributed by atoms with Crippen LogP contribution in [0.2, 0.25) is 10.3 Å². The van der Waals surface area contributed by atoms with E-state index in [1.807, 2.05) is 0 Å². The molecule has 1 aromatic carbocycles. The highest BCUT2D eigenvalue weighted by Gasteiger charge is 2.29. The lowest BCUT2D eigenvalue weighted by Gasteiger charge is -2.33. The fourth-order valence-corrected chi connectivity index (χ4v) is 2.98. The van der Waals surface area contributed by atoms with Crippen molar-refractivity contribution in [3.8, 4) is 11.3 Å². The van der Waals surface area contributed by atoms with E-state index in [1.54, 1.807) is 6.07 Å². The van der Waals surface area contributed by atoms with E-state index in [0.717, 1.165) is 0 Å². The summed E-state index contributed by atoms with van der Waals surface area (Å²) in [6.07, 6.45) is -1.03. The summed E-state index contributed by atoms with van der Waals surface area (Å²) in [7, 11) is 0.